The van der Waals surface area contributed by atoms with E-state index in [1.165, 1.54) is 0 Å². The first kappa shape index (κ1) is 14.5. The van der Waals surface area contributed by atoms with Crippen LogP contribution in [0, 0.1) is 6.92 Å². The summed E-state index contributed by atoms with van der Waals surface area (Å²) in [6, 6.07) is 12.1. The number of aryl methyl sites for hydroxylation is 1. The number of nitrogens with zero attached hydrogens (tertiary/aromatic N) is 1. The molecule has 2 rings (SSSR count). The molecular weight excluding hydrogens is 272 g/mol. The van der Waals surface area contributed by atoms with E-state index in [1.54, 1.807) is 24.3 Å². The van der Waals surface area contributed by atoms with E-state index >= 15 is 0 Å². The second-order valence-corrected chi connectivity index (χ2v) is 6.68. The van der Waals surface area contributed by atoms with Gasteiger partial charge in [-0.15, -0.1) is 0 Å². The summed E-state index contributed by atoms with van der Waals surface area (Å²) in [6.45, 7) is 5.95. The molecule has 106 valence electrons. The van der Waals surface area contributed by atoms with Gasteiger partial charge in [-0.1, -0.05) is 32.0 Å². The zero-order valence-electron chi connectivity index (χ0n) is 11.8. The van der Waals surface area contributed by atoms with Crippen molar-refractivity contribution in [3.63, 3.8) is 0 Å². The average molecular weight is 290 g/mol. The molecule has 1 N–H and O–H groups in total. The van der Waals surface area contributed by atoms with E-state index in [2.05, 4.69) is 23.6 Å². The zero-order chi connectivity index (χ0) is 14.8. The van der Waals surface area contributed by atoms with Crippen molar-refractivity contribution in [2.75, 3.05) is 4.72 Å². The van der Waals surface area contributed by atoms with Gasteiger partial charge in [-0.25, -0.2) is 13.4 Å². The molecule has 0 fully saturated rings. The van der Waals surface area contributed by atoms with Crippen molar-refractivity contribution >= 4 is 15.8 Å². The molecule has 1 aromatic heterocycles. The predicted octanol–water partition coefficient (Wildman–Crippen LogP) is 3.31. The molecule has 20 heavy (non-hydrogen) atoms. The monoisotopic (exact) mass is 290 g/mol. The van der Waals surface area contributed by atoms with Gasteiger partial charge in [0.1, 0.15) is 5.82 Å². The van der Waals surface area contributed by atoms with Crippen LogP contribution in [0.2, 0.25) is 0 Å². The molecule has 2 aromatic rings. The smallest absolute Gasteiger partial charge is 0.263 e. The molecule has 5 heteroatoms. The van der Waals surface area contributed by atoms with E-state index in [4.69, 9.17) is 0 Å². The lowest BCUT2D eigenvalue weighted by Crippen LogP contribution is -2.14. The van der Waals surface area contributed by atoms with Gasteiger partial charge in [0.2, 0.25) is 0 Å². The summed E-state index contributed by atoms with van der Waals surface area (Å²) in [6.07, 6.45) is 0. The maximum atomic E-state index is 12.2. The van der Waals surface area contributed by atoms with Gasteiger partial charge < -0.3 is 0 Å². The van der Waals surface area contributed by atoms with E-state index in [-0.39, 0.29) is 4.90 Å². The van der Waals surface area contributed by atoms with Crippen molar-refractivity contribution in [2.45, 2.75) is 31.6 Å². The third-order valence-electron chi connectivity index (χ3n) is 2.98. The van der Waals surface area contributed by atoms with Crippen molar-refractivity contribution in [3.05, 3.63) is 53.7 Å². The van der Waals surface area contributed by atoms with Crippen LogP contribution in [0.15, 0.2) is 47.4 Å². The van der Waals surface area contributed by atoms with Crippen molar-refractivity contribution in [1.82, 2.24) is 4.98 Å². The highest BCUT2D eigenvalue weighted by atomic mass is 32.2. The molecule has 0 radical (unpaired) electrons. The number of nitrogens with one attached hydrogen (secondary N) is 1. The second kappa shape index (κ2) is 5.63. The van der Waals surface area contributed by atoms with Crippen LogP contribution in [0.4, 0.5) is 5.82 Å². The fourth-order valence-electron chi connectivity index (χ4n) is 1.83. The predicted molar refractivity (Wildman–Crippen MR) is 80.3 cm³/mol. The standard InChI is InChI=1S/C15H18N2O2S/c1-11(2)13-7-9-14(10-8-13)20(18,19)17-15-6-4-5-12(3)16-15/h4-11H,1-3H3,(H,16,17). The highest BCUT2D eigenvalue weighted by molar-refractivity contribution is 7.92. The van der Waals surface area contributed by atoms with Gasteiger partial charge in [0, 0.05) is 5.69 Å². The normalized spacial score (nSPS) is 11.6. The number of rotatable bonds is 4. The highest BCUT2D eigenvalue weighted by Gasteiger charge is 2.15. The summed E-state index contributed by atoms with van der Waals surface area (Å²) in [4.78, 5) is 4.38. The first-order valence-electron chi connectivity index (χ1n) is 6.45. The summed E-state index contributed by atoms with van der Waals surface area (Å²) in [7, 11) is -3.59. The fraction of sp³-hybridized carbons (Fsp3) is 0.267. The van der Waals surface area contributed by atoms with Crippen molar-refractivity contribution < 1.29 is 8.42 Å². The van der Waals surface area contributed by atoms with Gasteiger partial charge in [0.15, 0.2) is 0 Å². The van der Waals surface area contributed by atoms with Gasteiger partial charge in [0.05, 0.1) is 4.90 Å². The molecule has 0 amide bonds. The zero-order valence-corrected chi connectivity index (χ0v) is 12.6. The Morgan fingerprint density at radius 3 is 2.25 bits per heavy atom. The van der Waals surface area contributed by atoms with Crippen LogP contribution in [0.25, 0.3) is 0 Å². The summed E-state index contributed by atoms with van der Waals surface area (Å²) in [5.74, 6) is 0.705. The van der Waals surface area contributed by atoms with Gasteiger partial charge in [-0.2, -0.15) is 0 Å². The largest absolute Gasteiger partial charge is 0.263 e. The number of aromatic nitrogens is 1. The minimum Gasteiger partial charge on any atom is -0.263 e. The molecule has 1 heterocycles. The number of pyridine rings is 1. The van der Waals surface area contributed by atoms with Crippen LogP contribution < -0.4 is 4.72 Å². The van der Waals surface area contributed by atoms with Crippen LogP contribution >= 0.6 is 0 Å². The Hall–Kier alpha value is -1.88. The van der Waals surface area contributed by atoms with Gasteiger partial charge >= 0.3 is 0 Å². The van der Waals surface area contributed by atoms with Crippen molar-refractivity contribution in [2.24, 2.45) is 0 Å². The lowest BCUT2D eigenvalue weighted by molar-refractivity contribution is 0.601. The molecule has 1 aromatic carbocycles. The number of anilines is 1. The SMILES string of the molecule is Cc1cccc(NS(=O)(=O)c2ccc(C(C)C)cc2)n1. The summed E-state index contributed by atoms with van der Waals surface area (Å²) in [5, 5.41) is 0. The molecule has 0 saturated carbocycles. The quantitative estimate of drug-likeness (QED) is 0.939. The molecule has 0 aliphatic carbocycles. The van der Waals surface area contributed by atoms with Gasteiger partial charge in [-0.05, 0) is 42.7 Å². The molecule has 4 nitrogen and oxygen atoms in total. The van der Waals surface area contributed by atoms with E-state index in [1.807, 2.05) is 25.1 Å². The van der Waals surface area contributed by atoms with Crippen molar-refractivity contribution in [1.29, 1.82) is 0 Å². The Morgan fingerprint density at radius 2 is 1.70 bits per heavy atom. The first-order valence-corrected chi connectivity index (χ1v) is 7.93. The maximum absolute atomic E-state index is 12.2. The van der Waals surface area contributed by atoms with Crippen molar-refractivity contribution in [3.8, 4) is 0 Å². The lowest BCUT2D eigenvalue weighted by atomic mass is 10.0. The van der Waals surface area contributed by atoms with Crippen LogP contribution in [-0.4, -0.2) is 13.4 Å². The molecule has 0 spiro atoms. The van der Waals surface area contributed by atoms with Crippen LogP contribution in [0.3, 0.4) is 0 Å². The molecular formula is C15H18N2O2S. The number of benzene rings is 1. The third kappa shape index (κ3) is 3.36. The van der Waals surface area contributed by atoms with E-state index in [0.29, 0.717) is 11.7 Å². The average Bonchev–Trinajstić information content (AvgIpc) is 2.38. The molecule has 0 saturated heterocycles. The maximum Gasteiger partial charge on any atom is 0.263 e. The summed E-state index contributed by atoms with van der Waals surface area (Å²) < 4.78 is 27.0. The fourth-order valence-corrected chi connectivity index (χ4v) is 2.83. The van der Waals surface area contributed by atoms with Crippen LogP contribution in [-0.2, 0) is 10.0 Å². The lowest BCUT2D eigenvalue weighted by Gasteiger charge is -2.09. The summed E-state index contributed by atoms with van der Waals surface area (Å²) in [5.41, 5.74) is 1.87. The van der Waals surface area contributed by atoms with Crippen LogP contribution in [0.5, 0.6) is 0 Å². The molecule has 0 aliphatic rings. The Bertz CT molecular complexity index is 692. The van der Waals surface area contributed by atoms with Gasteiger partial charge in [0.25, 0.3) is 10.0 Å². The molecule has 0 atom stereocenters. The third-order valence-corrected chi connectivity index (χ3v) is 4.35. The highest BCUT2D eigenvalue weighted by Crippen LogP contribution is 2.19. The first-order chi connectivity index (χ1) is 9.38. The van der Waals surface area contributed by atoms with Crippen LogP contribution in [0.1, 0.15) is 31.0 Å². The van der Waals surface area contributed by atoms with E-state index in [0.717, 1.165) is 11.3 Å². The van der Waals surface area contributed by atoms with E-state index < -0.39 is 10.0 Å². The van der Waals surface area contributed by atoms with Gasteiger partial charge in [-0.3, -0.25) is 4.72 Å². The molecule has 0 unspecified atom stereocenters. The second-order valence-electron chi connectivity index (χ2n) is 4.99. The Morgan fingerprint density at radius 1 is 1.05 bits per heavy atom. The number of hydrogen-bond donors (Lipinski definition) is 1. The molecule has 0 aliphatic heterocycles. The Balaban J connectivity index is 2.26. The minimum absolute atomic E-state index is 0.241. The topological polar surface area (TPSA) is 59.1 Å². The Kier molecular flexibility index (Phi) is 4.09. The number of hydrogen-bond acceptors (Lipinski definition) is 3. The number of sulfonamides is 1. The minimum atomic E-state index is -3.59. The summed E-state index contributed by atoms with van der Waals surface area (Å²) >= 11 is 0. The Labute approximate surface area is 119 Å². The molecule has 0 bridgehead atoms. The van der Waals surface area contributed by atoms with E-state index in [9.17, 15) is 8.42 Å².